The summed E-state index contributed by atoms with van der Waals surface area (Å²) in [6, 6.07) is 0. The van der Waals surface area contributed by atoms with Crippen LogP contribution in [0.25, 0.3) is 10.4 Å². The second-order valence-corrected chi connectivity index (χ2v) is 12.8. The number of phosphoric ester groups is 1. The van der Waals surface area contributed by atoms with Gasteiger partial charge >= 0.3 is 19.8 Å². The quantitative estimate of drug-likeness (QED) is 0.0818. The van der Waals surface area contributed by atoms with Gasteiger partial charge in [0.05, 0.1) is 24.0 Å². The van der Waals surface area contributed by atoms with Crippen LogP contribution >= 0.6 is 7.82 Å². The van der Waals surface area contributed by atoms with Gasteiger partial charge in [0.25, 0.3) is 0 Å². The molecule has 2 aliphatic rings. The Morgan fingerprint density at radius 1 is 1.22 bits per heavy atom. The first-order valence-corrected chi connectivity index (χ1v) is 13.7. The molecule has 1 fully saturated rings. The maximum Gasteiger partial charge on any atom is 0.480 e. The molecule has 2 rings (SSSR count). The highest BCUT2D eigenvalue weighted by molar-refractivity contribution is 7.48. The number of esters is 2. The number of carbonyl (C=O) groups is 2. The Morgan fingerprint density at radius 2 is 1.76 bits per heavy atom. The van der Waals surface area contributed by atoms with Crippen molar-refractivity contribution in [1.29, 1.82) is 0 Å². The Hall–Kier alpha value is -3.04. The van der Waals surface area contributed by atoms with E-state index in [-0.39, 0.29) is 11.7 Å². The third-order valence-corrected chi connectivity index (χ3v) is 6.89. The van der Waals surface area contributed by atoms with Crippen LogP contribution in [0.1, 0.15) is 41.5 Å². The number of ether oxygens (including phenoxy) is 3. The fourth-order valence-corrected chi connectivity index (χ4v) is 4.18. The lowest BCUT2D eigenvalue weighted by molar-refractivity contribution is -0.165. The lowest BCUT2D eigenvalue weighted by atomic mass is 9.97. The highest BCUT2D eigenvalue weighted by Crippen LogP contribution is 2.51. The smallest absolute Gasteiger partial charge is 0.437 e. The molecule has 0 bridgehead atoms. The molecule has 0 aromatic carbocycles. The topological polar surface area (TPSA) is 217 Å². The average Bonchev–Trinajstić information content (AvgIpc) is 3.10. The minimum absolute atomic E-state index is 0.0102. The maximum absolute atomic E-state index is 15.4. The molecule has 0 aliphatic carbocycles. The number of nitrogens with zero attached hydrogens (tertiary/aromatic N) is 5. The number of amidine groups is 1. The van der Waals surface area contributed by atoms with E-state index in [2.05, 4.69) is 21.6 Å². The van der Waals surface area contributed by atoms with E-state index in [4.69, 9.17) is 39.0 Å². The predicted molar refractivity (Wildman–Crippen MR) is 141 cm³/mol. The molecule has 41 heavy (non-hydrogen) atoms. The van der Waals surface area contributed by atoms with Crippen LogP contribution in [0.2, 0.25) is 0 Å². The zero-order chi connectivity index (χ0) is 31.2. The second-order valence-electron chi connectivity index (χ2n) is 11.1. The first-order chi connectivity index (χ1) is 18.8. The average molecular weight is 607 g/mol. The van der Waals surface area contributed by atoms with Crippen molar-refractivity contribution in [3.8, 4) is 0 Å². The molecule has 18 heteroatoms. The van der Waals surface area contributed by atoms with Crippen LogP contribution in [0.5, 0.6) is 0 Å². The van der Waals surface area contributed by atoms with E-state index in [9.17, 15) is 19.3 Å². The number of phosphoric acid groups is 1. The summed E-state index contributed by atoms with van der Waals surface area (Å²) in [5.74, 6) is -1.33. The van der Waals surface area contributed by atoms with Gasteiger partial charge in [0.1, 0.15) is 23.4 Å². The molecule has 0 aromatic heterocycles. The lowest BCUT2D eigenvalue weighted by Gasteiger charge is -2.33. The summed E-state index contributed by atoms with van der Waals surface area (Å²) in [6.07, 6.45) is -3.00. The number of hydrogen-bond donors (Lipinski definition) is 2. The number of nitrogens with two attached hydrogens (primary N) is 1. The lowest BCUT2D eigenvalue weighted by Crippen LogP contribution is -2.48. The van der Waals surface area contributed by atoms with Gasteiger partial charge in [-0.25, -0.2) is 23.0 Å². The summed E-state index contributed by atoms with van der Waals surface area (Å²) in [7, 11) is -4.77. The number of aliphatic hydroxyl groups is 1. The molecule has 230 valence electrons. The third-order valence-electron chi connectivity index (χ3n) is 5.60. The van der Waals surface area contributed by atoms with E-state index in [1.54, 1.807) is 41.5 Å². The number of aliphatic hydroxyl groups excluding tert-OH is 1. The Labute approximate surface area is 236 Å². The molecule has 0 aromatic rings. The molecule has 0 unspecified atom stereocenters. The fraction of sp³-hybridized carbons (Fsp3) is 0.696. The number of aliphatic imine (C=N–C) groups is 1. The molecular weight excluding hydrogens is 570 g/mol. The minimum atomic E-state index is -4.77. The standard InChI is InChI=1S/C23H36FN6O10P/c1-14-28-15(25)8-9-30(14)18-16(24)17(31)23(40-18,10-27-29-26)11-37-41(34,38-12-35-19(32)21(2,3)4)39-13-36-20(33)22(5,6)7/h8-9,16-18,31H,1,10-13H2,2-7H3,(H2,25,28)/t16-,17+,18-,23-/m1/s1. The minimum Gasteiger partial charge on any atom is -0.437 e. The van der Waals surface area contributed by atoms with Crippen LogP contribution in [-0.2, 0) is 41.9 Å². The number of hydrogen-bond acceptors (Lipinski definition) is 14. The van der Waals surface area contributed by atoms with E-state index in [1.807, 2.05) is 0 Å². The third kappa shape index (κ3) is 8.97. The maximum atomic E-state index is 15.4. The molecule has 0 spiro atoms. The van der Waals surface area contributed by atoms with Crippen LogP contribution in [0.15, 0.2) is 34.8 Å². The SMILES string of the molecule is C=C1N=C(N)C=CN1[C@@H]1O[C@](CN=[N+]=[N-])(COP(=O)(OCOC(=O)C(C)(C)C)OCOC(=O)C(C)(C)C)[C@@H](O)[C@H]1F. The molecule has 0 amide bonds. The normalized spacial score (nSPS) is 25.0. The molecule has 1 saturated heterocycles. The fourth-order valence-electron chi connectivity index (χ4n) is 3.22. The van der Waals surface area contributed by atoms with E-state index >= 15 is 4.39 Å². The number of alkyl halides is 1. The summed E-state index contributed by atoms with van der Waals surface area (Å²) in [6.45, 7) is 9.69. The predicted octanol–water partition coefficient (Wildman–Crippen LogP) is 3.00. The van der Waals surface area contributed by atoms with Crippen LogP contribution in [-0.4, -0.2) is 78.6 Å². The highest BCUT2D eigenvalue weighted by atomic mass is 31.2. The van der Waals surface area contributed by atoms with Crippen LogP contribution < -0.4 is 5.73 Å². The van der Waals surface area contributed by atoms with Gasteiger partial charge in [-0.1, -0.05) is 11.7 Å². The molecule has 0 radical (unpaired) electrons. The summed E-state index contributed by atoms with van der Waals surface area (Å²) >= 11 is 0. The molecule has 0 saturated carbocycles. The van der Waals surface area contributed by atoms with Crippen LogP contribution in [0.4, 0.5) is 4.39 Å². The van der Waals surface area contributed by atoms with Gasteiger partial charge in [-0.15, -0.1) is 0 Å². The van der Waals surface area contributed by atoms with Gasteiger partial charge in [0, 0.05) is 11.1 Å². The van der Waals surface area contributed by atoms with E-state index in [0.717, 1.165) is 4.90 Å². The number of azide groups is 1. The number of halogens is 1. The molecule has 2 aliphatic heterocycles. The largest absolute Gasteiger partial charge is 0.480 e. The number of carbonyl (C=O) groups excluding carboxylic acids is 2. The first kappa shape index (κ1) is 34.2. The van der Waals surface area contributed by atoms with Gasteiger partial charge in [0.15, 0.2) is 12.4 Å². The van der Waals surface area contributed by atoms with E-state index < -0.39 is 81.4 Å². The second kappa shape index (κ2) is 13.3. The van der Waals surface area contributed by atoms with E-state index in [1.165, 1.54) is 12.3 Å². The van der Waals surface area contributed by atoms with Gasteiger partial charge in [-0.2, -0.15) is 0 Å². The number of rotatable bonds is 12. The van der Waals surface area contributed by atoms with Crippen molar-refractivity contribution >= 4 is 25.6 Å². The highest BCUT2D eigenvalue weighted by Gasteiger charge is 2.58. The molecule has 2 heterocycles. The van der Waals surface area contributed by atoms with Crippen molar-refractivity contribution in [3.05, 3.63) is 35.1 Å². The first-order valence-electron chi connectivity index (χ1n) is 12.2. The van der Waals surface area contributed by atoms with Crippen LogP contribution in [0.3, 0.4) is 0 Å². The monoisotopic (exact) mass is 606 g/mol. The zero-order valence-electron chi connectivity index (χ0n) is 23.7. The van der Waals surface area contributed by atoms with Crippen molar-refractivity contribution in [1.82, 2.24) is 4.90 Å². The summed E-state index contributed by atoms with van der Waals surface area (Å²) in [5.41, 5.74) is 10.5. The summed E-state index contributed by atoms with van der Waals surface area (Å²) < 4.78 is 60.0. The zero-order valence-corrected chi connectivity index (χ0v) is 24.6. The summed E-state index contributed by atoms with van der Waals surface area (Å²) in [4.78, 5) is 31.9. The van der Waals surface area contributed by atoms with Crippen molar-refractivity contribution in [3.63, 3.8) is 0 Å². The van der Waals surface area contributed by atoms with Gasteiger partial charge < -0.3 is 30.0 Å². The Kier molecular flexibility index (Phi) is 11.1. The van der Waals surface area contributed by atoms with Gasteiger partial charge in [-0.3, -0.25) is 14.1 Å². The summed E-state index contributed by atoms with van der Waals surface area (Å²) in [5, 5.41) is 14.2. The molecule has 3 N–H and O–H groups in total. The van der Waals surface area contributed by atoms with Crippen molar-refractivity contribution in [2.24, 2.45) is 26.7 Å². The van der Waals surface area contributed by atoms with E-state index in [0.29, 0.717) is 0 Å². The van der Waals surface area contributed by atoms with Crippen molar-refractivity contribution < 1.29 is 51.4 Å². The van der Waals surface area contributed by atoms with Crippen molar-refractivity contribution in [2.45, 2.75) is 65.6 Å². The van der Waals surface area contributed by atoms with Gasteiger partial charge in [0.2, 0.25) is 13.6 Å². The molecular formula is C23H36FN6O10P. The molecule has 4 atom stereocenters. The Bertz CT molecular complexity index is 1130. The van der Waals surface area contributed by atoms with Crippen molar-refractivity contribution in [2.75, 3.05) is 26.7 Å². The van der Waals surface area contributed by atoms with Crippen LogP contribution in [0, 0.1) is 10.8 Å². The Balaban J connectivity index is 2.27. The Morgan fingerprint density at radius 3 is 2.22 bits per heavy atom. The molecule has 16 nitrogen and oxygen atoms in total. The van der Waals surface area contributed by atoms with Gasteiger partial charge in [-0.05, 0) is 53.1 Å².